The number of carbonyl (C=O) groups excluding carboxylic acids is 2. The molecule has 0 radical (unpaired) electrons. The van der Waals surface area contributed by atoms with Crippen molar-refractivity contribution in [3.63, 3.8) is 0 Å². The Labute approximate surface area is 145 Å². The van der Waals surface area contributed by atoms with E-state index in [2.05, 4.69) is 10.1 Å². The van der Waals surface area contributed by atoms with Crippen LogP contribution in [0.3, 0.4) is 0 Å². The molecule has 1 N–H and O–H groups in total. The van der Waals surface area contributed by atoms with E-state index in [1.165, 1.54) is 37.6 Å². The average Bonchev–Trinajstić information content (AvgIpc) is 3.06. The molecule has 1 amide bonds. The Balaban J connectivity index is 2.02. The topological polar surface area (TPSA) is 106 Å². The number of rotatable bonds is 7. The monoisotopic (exact) mass is 366 g/mol. The van der Waals surface area contributed by atoms with Crippen LogP contribution in [0.2, 0.25) is 0 Å². The number of sulfonamides is 1. The maximum atomic E-state index is 12.1. The van der Waals surface area contributed by atoms with Crippen molar-refractivity contribution in [1.29, 1.82) is 0 Å². The zero-order chi connectivity index (χ0) is 18.4. The Bertz CT molecular complexity index is 828. The summed E-state index contributed by atoms with van der Waals surface area (Å²) in [5, 5.41) is 2.58. The van der Waals surface area contributed by atoms with Crippen molar-refractivity contribution < 1.29 is 27.2 Å². The van der Waals surface area contributed by atoms with E-state index >= 15 is 0 Å². The predicted molar refractivity (Wildman–Crippen MR) is 90.4 cm³/mol. The Hall–Kier alpha value is -2.65. The van der Waals surface area contributed by atoms with E-state index in [0.29, 0.717) is 17.0 Å². The second-order valence-corrected chi connectivity index (χ2v) is 7.21. The van der Waals surface area contributed by atoms with Gasteiger partial charge in [0.2, 0.25) is 15.9 Å². The van der Waals surface area contributed by atoms with Gasteiger partial charge in [-0.15, -0.1) is 0 Å². The highest BCUT2D eigenvalue weighted by Crippen LogP contribution is 2.12. The molecule has 2 aromatic rings. The molecule has 1 heterocycles. The number of hydrogen-bond donors (Lipinski definition) is 1. The maximum absolute atomic E-state index is 12.1. The molecular weight excluding hydrogens is 348 g/mol. The van der Waals surface area contributed by atoms with Crippen LogP contribution in [-0.4, -0.2) is 44.5 Å². The smallest absolute Gasteiger partial charge is 0.337 e. The molecule has 0 saturated heterocycles. The number of hydrogen-bond acceptors (Lipinski definition) is 6. The summed E-state index contributed by atoms with van der Waals surface area (Å²) in [7, 11) is -2.32. The van der Waals surface area contributed by atoms with Crippen LogP contribution in [-0.2, 0) is 26.1 Å². The average molecular weight is 366 g/mol. The Morgan fingerprint density at radius 3 is 2.40 bits per heavy atom. The van der Waals surface area contributed by atoms with Gasteiger partial charge < -0.3 is 14.5 Å². The van der Waals surface area contributed by atoms with Gasteiger partial charge in [-0.25, -0.2) is 13.2 Å². The fourth-order valence-electron chi connectivity index (χ4n) is 2.03. The summed E-state index contributed by atoms with van der Waals surface area (Å²) in [6.45, 7) is -0.404. The number of amides is 1. The lowest BCUT2D eigenvalue weighted by Gasteiger charge is -2.18. The zero-order valence-electron chi connectivity index (χ0n) is 13.8. The van der Waals surface area contributed by atoms with Crippen LogP contribution in [0.1, 0.15) is 16.1 Å². The van der Waals surface area contributed by atoms with Gasteiger partial charge in [-0.1, -0.05) is 0 Å². The fourth-order valence-corrected chi connectivity index (χ4v) is 2.75. The Morgan fingerprint density at radius 2 is 1.88 bits per heavy atom. The number of anilines is 1. The summed E-state index contributed by atoms with van der Waals surface area (Å²) in [5.41, 5.74) is 0.778. The third kappa shape index (κ3) is 5.44. The molecule has 0 aliphatic rings. The van der Waals surface area contributed by atoms with Crippen molar-refractivity contribution in [3.8, 4) is 0 Å². The molecule has 134 valence electrons. The molecule has 9 heteroatoms. The van der Waals surface area contributed by atoms with Crippen LogP contribution in [0.4, 0.5) is 5.69 Å². The van der Waals surface area contributed by atoms with Gasteiger partial charge in [-0.05, 0) is 36.4 Å². The molecule has 0 atom stereocenters. The van der Waals surface area contributed by atoms with Gasteiger partial charge in [0.1, 0.15) is 5.76 Å². The molecule has 8 nitrogen and oxygen atoms in total. The SMILES string of the molecule is COC(=O)c1ccc(NC(=O)CN(Cc2ccco2)S(C)(=O)=O)cc1. The summed E-state index contributed by atoms with van der Waals surface area (Å²) >= 11 is 0. The molecule has 0 aliphatic heterocycles. The first-order chi connectivity index (χ1) is 11.8. The van der Waals surface area contributed by atoms with Crippen LogP contribution >= 0.6 is 0 Å². The lowest BCUT2D eigenvalue weighted by molar-refractivity contribution is -0.116. The number of methoxy groups -OCH3 is 1. The van der Waals surface area contributed by atoms with E-state index in [-0.39, 0.29) is 13.1 Å². The first-order valence-corrected chi connectivity index (χ1v) is 9.10. The Morgan fingerprint density at radius 1 is 1.20 bits per heavy atom. The van der Waals surface area contributed by atoms with Crippen LogP contribution in [0.5, 0.6) is 0 Å². The van der Waals surface area contributed by atoms with Crippen LogP contribution in [0.15, 0.2) is 47.1 Å². The van der Waals surface area contributed by atoms with Crippen molar-refractivity contribution in [2.24, 2.45) is 0 Å². The number of furan rings is 1. The zero-order valence-corrected chi connectivity index (χ0v) is 14.6. The normalized spacial score (nSPS) is 11.3. The molecule has 1 aromatic heterocycles. The Kier molecular flexibility index (Phi) is 5.94. The lowest BCUT2D eigenvalue weighted by atomic mass is 10.2. The van der Waals surface area contributed by atoms with Crippen molar-refractivity contribution in [2.75, 3.05) is 25.2 Å². The van der Waals surface area contributed by atoms with E-state index in [9.17, 15) is 18.0 Å². The number of benzene rings is 1. The van der Waals surface area contributed by atoms with Crippen LogP contribution in [0, 0.1) is 0 Å². The number of carbonyl (C=O) groups is 2. The van der Waals surface area contributed by atoms with Gasteiger partial charge in [0.15, 0.2) is 0 Å². The molecule has 0 bridgehead atoms. The standard InChI is InChI=1S/C16H18N2O6S/c1-23-16(20)12-5-7-13(8-6-12)17-15(19)11-18(25(2,21)22)10-14-4-3-9-24-14/h3-9H,10-11H2,1-2H3,(H,17,19). The minimum Gasteiger partial charge on any atom is -0.468 e. The highest BCUT2D eigenvalue weighted by molar-refractivity contribution is 7.88. The minimum atomic E-state index is -3.60. The van der Waals surface area contributed by atoms with Gasteiger partial charge in [-0.3, -0.25) is 4.79 Å². The third-order valence-corrected chi connectivity index (χ3v) is 4.49. The van der Waals surface area contributed by atoms with Crippen molar-refractivity contribution >= 4 is 27.6 Å². The first-order valence-electron chi connectivity index (χ1n) is 7.25. The van der Waals surface area contributed by atoms with Crippen LogP contribution < -0.4 is 5.32 Å². The number of esters is 1. The van der Waals surface area contributed by atoms with E-state index in [1.54, 1.807) is 12.1 Å². The molecular formula is C16H18N2O6S. The maximum Gasteiger partial charge on any atom is 0.337 e. The highest BCUT2D eigenvalue weighted by Gasteiger charge is 2.21. The van der Waals surface area contributed by atoms with E-state index in [4.69, 9.17) is 4.42 Å². The van der Waals surface area contributed by atoms with Gasteiger partial charge in [0.05, 0.1) is 38.3 Å². The second-order valence-electron chi connectivity index (χ2n) is 5.23. The minimum absolute atomic E-state index is 0.0411. The molecule has 0 aliphatic carbocycles. The summed E-state index contributed by atoms with van der Waals surface area (Å²) in [6.07, 6.45) is 2.45. The molecule has 0 fully saturated rings. The van der Waals surface area contributed by atoms with Gasteiger partial charge in [0, 0.05) is 5.69 Å². The van der Waals surface area contributed by atoms with Crippen molar-refractivity contribution in [1.82, 2.24) is 4.31 Å². The summed E-state index contributed by atoms with van der Waals surface area (Å²) in [5.74, 6) is -0.567. The lowest BCUT2D eigenvalue weighted by Crippen LogP contribution is -2.36. The molecule has 25 heavy (non-hydrogen) atoms. The fraction of sp³-hybridized carbons (Fsp3) is 0.250. The first kappa shape index (κ1) is 18.7. The summed E-state index contributed by atoms with van der Waals surface area (Å²) < 4.78 is 34.4. The van der Waals surface area contributed by atoms with Gasteiger partial charge in [-0.2, -0.15) is 4.31 Å². The van der Waals surface area contributed by atoms with E-state index in [0.717, 1.165) is 10.6 Å². The summed E-state index contributed by atoms with van der Waals surface area (Å²) in [6, 6.07) is 9.32. The van der Waals surface area contributed by atoms with Gasteiger partial charge in [0.25, 0.3) is 0 Å². The highest BCUT2D eigenvalue weighted by atomic mass is 32.2. The quantitative estimate of drug-likeness (QED) is 0.744. The van der Waals surface area contributed by atoms with Crippen molar-refractivity contribution in [2.45, 2.75) is 6.54 Å². The number of nitrogens with one attached hydrogen (secondary N) is 1. The molecule has 1 aromatic carbocycles. The van der Waals surface area contributed by atoms with Gasteiger partial charge >= 0.3 is 5.97 Å². The molecule has 0 saturated carbocycles. The third-order valence-electron chi connectivity index (χ3n) is 3.29. The van der Waals surface area contributed by atoms with E-state index in [1.807, 2.05) is 0 Å². The largest absolute Gasteiger partial charge is 0.468 e. The summed E-state index contributed by atoms with van der Waals surface area (Å²) in [4.78, 5) is 23.5. The predicted octanol–water partition coefficient (Wildman–Crippen LogP) is 1.47. The molecule has 0 unspecified atom stereocenters. The second kappa shape index (κ2) is 7.95. The number of ether oxygens (including phenoxy) is 1. The molecule has 0 spiro atoms. The van der Waals surface area contributed by atoms with E-state index < -0.39 is 21.9 Å². The van der Waals surface area contributed by atoms with Crippen molar-refractivity contribution in [3.05, 3.63) is 54.0 Å². The molecule has 2 rings (SSSR count). The number of nitrogens with zero attached hydrogens (tertiary/aromatic N) is 1. The van der Waals surface area contributed by atoms with Crippen LogP contribution in [0.25, 0.3) is 0 Å².